The van der Waals surface area contributed by atoms with E-state index >= 15 is 0 Å². The monoisotopic (exact) mass is 372 g/mol. The highest BCUT2D eigenvalue weighted by Gasteiger charge is 2.22. The van der Waals surface area contributed by atoms with Crippen molar-refractivity contribution in [3.63, 3.8) is 0 Å². The summed E-state index contributed by atoms with van der Waals surface area (Å²) in [5, 5.41) is 3.10. The molecule has 1 N–H and O–H groups in total. The fourth-order valence-electron chi connectivity index (χ4n) is 4.16. The van der Waals surface area contributed by atoms with Crippen LogP contribution in [0.2, 0.25) is 0 Å². The number of hydrogen-bond donors (Lipinski definition) is 1. The van der Waals surface area contributed by atoms with Crippen LogP contribution >= 0.6 is 0 Å². The van der Waals surface area contributed by atoms with Gasteiger partial charge in [0.1, 0.15) is 0 Å². The molecule has 1 saturated carbocycles. The zero-order valence-electron chi connectivity index (χ0n) is 17.9. The normalized spacial score (nSPS) is 17.4. The first-order chi connectivity index (χ1) is 13.2. The highest BCUT2D eigenvalue weighted by atomic mass is 16.1. The second kappa shape index (κ2) is 12.0. The Morgan fingerprint density at radius 3 is 2.19 bits per heavy atom. The molecule has 2 fully saturated rings. The quantitative estimate of drug-likeness (QED) is 0.563. The van der Waals surface area contributed by atoms with E-state index in [9.17, 15) is 4.79 Å². The molecule has 3 heteroatoms. The number of piperidine rings is 1. The lowest BCUT2D eigenvalue weighted by Gasteiger charge is -2.30. The van der Waals surface area contributed by atoms with E-state index in [1.54, 1.807) is 0 Å². The zero-order chi connectivity index (χ0) is 19.5. The Kier molecular flexibility index (Phi) is 9.72. The summed E-state index contributed by atoms with van der Waals surface area (Å²) in [6.07, 6.45) is 14.0. The van der Waals surface area contributed by atoms with Crippen LogP contribution in [-0.4, -0.2) is 19.0 Å². The number of aryl methyl sites for hydroxylation is 1. The number of carbonyl (C=O) groups excluding carboxylic acids is 1. The van der Waals surface area contributed by atoms with Gasteiger partial charge in [0, 0.05) is 30.4 Å². The molecule has 1 aromatic carbocycles. The van der Waals surface area contributed by atoms with Crippen molar-refractivity contribution in [3.8, 4) is 0 Å². The van der Waals surface area contributed by atoms with Gasteiger partial charge in [-0.3, -0.25) is 4.79 Å². The van der Waals surface area contributed by atoms with Crippen molar-refractivity contribution in [2.45, 2.75) is 91.4 Å². The molecule has 0 radical (unpaired) electrons. The SMILES string of the molecule is CCCCCC.Cc1cc(NC(=O)C2CCCC2)ccc1N1CCCCC1. The number of rotatable bonds is 6. The molecular formula is C24H40N2O. The summed E-state index contributed by atoms with van der Waals surface area (Å²) in [7, 11) is 0. The Labute approximate surface area is 166 Å². The summed E-state index contributed by atoms with van der Waals surface area (Å²) < 4.78 is 0. The van der Waals surface area contributed by atoms with Crippen LogP contribution in [0.5, 0.6) is 0 Å². The summed E-state index contributed by atoms with van der Waals surface area (Å²) in [6.45, 7) is 8.93. The highest BCUT2D eigenvalue weighted by Crippen LogP contribution is 2.29. The maximum atomic E-state index is 12.2. The first-order valence-electron chi connectivity index (χ1n) is 11.3. The summed E-state index contributed by atoms with van der Waals surface area (Å²) >= 11 is 0. The molecule has 27 heavy (non-hydrogen) atoms. The van der Waals surface area contributed by atoms with Crippen molar-refractivity contribution in [1.29, 1.82) is 0 Å². The molecule has 0 bridgehead atoms. The molecule has 3 nitrogen and oxygen atoms in total. The van der Waals surface area contributed by atoms with Crippen LogP contribution < -0.4 is 10.2 Å². The predicted octanol–water partition coefficient (Wildman–Crippen LogP) is 6.70. The second-order valence-electron chi connectivity index (χ2n) is 8.23. The third-order valence-corrected chi connectivity index (χ3v) is 5.84. The standard InChI is InChI=1S/C18H26N2O.C6H14/c1-14-13-16(19-18(21)15-7-3-4-8-15)9-10-17(14)20-11-5-2-6-12-20;1-3-5-6-4-2/h9-10,13,15H,2-8,11-12H2,1H3,(H,19,21);3-6H2,1-2H3. The first kappa shape index (κ1) is 21.8. The molecule has 1 aliphatic carbocycles. The van der Waals surface area contributed by atoms with E-state index in [-0.39, 0.29) is 11.8 Å². The molecule has 0 aromatic heterocycles. The van der Waals surface area contributed by atoms with Crippen molar-refractivity contribution in [2.75, 3.05) is 23.3 Å². The largest absolute Gasteiger partial charge is 0.371 e. The van der Waals surface area contributed by atoms with Gasteiger partial charge in [0.05, 0.1) is 0 Å². The van der Waals surface area contributed by atoms with Crippen LogP contribution in [-0.2, 0) is 4.79 Å². The van der Waals surface area contributed by atoms with Crippen LogP contribution in [0.25, 0.3) is 0 Å². The van der Waals surface area contributed by atoms with E-state index in [2.05, 4.69) is 49.2 Å². The van der Waals surface area contributed by atoms with E-state index in [0.717, 1.165) is 31.6 Å². The van der Waals surface area contributed by atoms with Gasteiger partial charge in [-0.15, -0.1) is 0 Å². The van der Waals surface area contributed by atoms with Gasteiger partial charge < -0.3 is 10.2 Å². The molecule has 152 valence electrons. The molecule has 0 unspecified atom stereocenters. The van der Waals surface area contributed by atoms with E-state index in [1.165, 1.54) is 69.0 Å². The molecule has 1 saturated heterocycles. The molecule has 1 aliphatic heterocycles. The van der Waals surface area contributed by atoms with E-state index < -0.39 is 0 Å². The number of hydrogen-bond acceptors (Lipinski definition) is 2. The number of benzene rings is 1. The van der Waals surface area contributed by atoms with Gasteiger partial charge in [0.2, 0.25) is 5.91 Å². The maximum absolute atomic E-state index is 12.2. The van der Waals surface area contributed by atoms with Gasteiger partial charge in [0.15, 0.2) is 0 Å². The van der Waals surface area contributed by atoms with Crippen molar-refractivity contribution in [1.82, 2.24) is 0 Å². The second-order valence-corrected chi connectivity index (χ2v) is 8.23. The van der Waals surface area contributed by atoms with Gasteiger partial charge in [-0.1, -0.05) is 52.4 Å². The maximum Gasteiger partial charge on any atom is 0.227 e. The van der Waals surface area contributed by atoms with Gasteiger partial charge in [-0.05, 0) is 62.8 Å². The van der Waals surface area contributed by atoms with E-state index in [4.69, 9.17) is 0 Å². The molecule has 1 amide bonds. The minimum absolute atomic E-state index is 0.206. The van der Waals surface area contributed by atoms with Gasteiger partial charge in [-0.25, -0.2) is 0 Å². The number of anilines is 2. The van der Waals surface area contributed by atoms with Crippen molar-refractivity contribution in [3.05, 3.63) is 23.8 Å². The number of unbranched alkanes of at least 4 members (excludes halogenated alkanes) is 3. The van der Waals surface area contributed by atoms with Crippen LogP contribution in [0, 0.1) is 12.8 Å². The summed E-state index contributed by atoms with van der Waals surface area (Å²) in [5.74, 6) is 0.435. The molecule has 3 rings (SSSR count). The minimum atomic E-state index is 0.206. The van der Waals surface area contributed by atoms with Gasteiger partial charge >= 0.3 is 0 Å². The van der Waals surface area contributed by atoms with E-state index in [0.29, 0.717) is 0 Å². The summed E-state index contributed by atoms with van der Waals surface area (Å²) in [5.41, 5.74) is 3.54. The Balaban J connectivity index is 0.000000380. The van der Waals surface area contributed by atoms with Crippen LogP contribution in [0.3, 0.4) is 0 Å². The lowest BCUT2D eigenvalue weighted by molar-refractivity contribution is -0.119. The molecule has 1 heterocycles. The molecule has 1 aromatic rings. The lowest BCUT2D eigenvalue weighted by Crippen LogP contribution is -2.30. The molecule has 0 atom stereocenters. The predicted molar refractivity (Wildman–Crippen MR) is 118 cm³/mol. The topological polar surface area (TPSA) is 32.3 Å². The lowest BCUT2D eigenvalue weighted by atomic mass is 10.1. The average molecular weight is 373 g/mol. The van der Waals surface area contributed by atoms with Crippen molar-refractivity contribution >= 4 is 17.3 Å². The fraction of sp³-hybridized carbons (Fsp3) is 0.708. The third-order valence-electron chi connectivity index (χ3n) is 5.84. The first-order valence-corrected chi connectivity index (χ1v) is 11.3. The average Bonchev–Trinajstić information content (AvgIpc) is 3.23. The van der Waals surface area contributed by atoms with E-state index in [1.807, 2.05) is 0 Å². The summed E-state index contributed by atoms with van der Waals surface area (Å²) in [4.78, 5) is 14.7. The number of nitrogens with one attached hydrogen (secondary N) is 1. The summed E-state index contributed by atoms with van der Waals surface area (Å²) in [6, 6.07) is 6.35. The van der Waals surface area contributed by atoms with Crippen LogP contribution in [0.1, 0.15) is 90.0 Å². The van der Waals surface area contributed by atoms with Crippen molar-refractivity contribution < 1.29 is 4.79 Å². The van der Waals surface area contributed by atoms with Gasteiger partial charge in [-0.2, -0.15) is 0 Å². The van der Waals surface area contributed by atoms with Crippen molar-refractivity contribution in [2.24, 2.45) is 5.92 Å². The molecule has 2 aliphatic rings. The number of amides is 1. The molecular weight excluding hydrogens is 332 g/mol. The number of carbonyl (C=O) groups is 1. The minimum Gasteiger partial charge on any atom is -0.371 e. The Morgan fingerprint density at radius 2 is 1.63 bits per heavy atom. The highest BCUT2D eigenvalue weighted by molar-refractivity contribution is 5.93. The third kappa shape index (κ3) is 7.20. The molecule has 0 spiro atoms. The Morgan fingerprint density at radius 1 is 1.00 bits per heavy atom. The van der Waals surface area contributed by atoms with Crippen LogP contribution in [0.4, 0.5) is 11.4 Å². The zero-order valence-corrected chi connectivity index (χ0v) is 17.9. The fourth-order valence-corrected chi connectivity index (χ4v) is 4.16. The smallest absolute Gasteiger partial charge is 0.227 e. The Bertz CT molecular complexity index is 553. The van der Waals surface area contributed by atoms with Crippen LogP contribution in [0.15, 0.2) is 18.2 Å². The number of nitrogens with zero attached hydrogens (tertiary/aromatic N) is 1. The Hall–Kier alpha value is -1.51. The van der Waals surface area contributed by atoms with Gasteiger partial charge in [0.25, 0.3) is 0 Å².